The molecule has 2 fully saturated rings. The number of ether oxygens (including phenoxy) is 3. The van der Waals surface area contributed by atoms with Crippen LogP contribution in [-0.2, 0) is 29.2 Å². The number of thioether (sulfide) groups is 1. The molecule has 44 heavy (non-hydrogen) atoms. The second-order valence-corrected chi connectivity index (χ2v) is 14.4. The van der Waals surface area contributed by atoms with Crippen LogP contribution in [0.2, 0.25) is 0 Å². The van der Waals surface area contributed by atoms with Crippen molar-refractivity contribution in [2.75, 3.05) is 20.3 Å². The van der Waals surface area contributed by atoms with Gasteiger partial charge in [0.25, 0.3) is 0 Å². The van der Waals surface area contributed by atoms with E-state index in [2.05, 4.69) is 51.6 Å². The van der Waals surface area contributed by atoms with Gasteiger partial charge in [-0.25, -0.2) is 0 Å². The van der Waals surface area contributed by atoms with Gasteiger partial charge in [0.05, 0.1) is 31.5 Å². The van der Waals surface area contributed by atoms with Gasteiger partial charge in [-0.1, -0.05) is 47.6 Å². The lowest BCUT2D eigenvalue weighted by molar-refractivity contribution is 0.101. The van der Waals surface area contributed by atoms with E-state index >= 15 is 0 Å². The van der Waals surface area contributed by atoms with Crippen LogP contribution < -0.4 is 19.5 Å². The highest BCUT2D eigenvalue weighted by Gasteiger charge is 2.60. The van der Waals surface area contributed by atoms with Crippen LogP contribution in [0.3, 0.4) is 0 Å². The molecule has 232 valence electrons. The molecular formula is C35H39BrN2O5S. The van der Waals surface area contributed by atoms with Crippen molar-refractivity contribution in [3.63, 3.8) is 0 Å². The number of nitrogens with zero attached hydrogens (tertiary/aromatic N) is 1. The molecule has 4 aliphatic rings. The summed E-state index contributed by atoms with van der Waals surface area (Å²) in [6, 6.07) is 20.6. The number of rotatable bonds is 11. The number of hydrogen-bond donors (Lipinski definition) is 2. The Bertz CT molecular complexity index is 1500. The summed E-state index contributed by atoms with van der Waals surface area (Å²) in [5, 5.41) is 19.0. The molecule has 2 N–H and O–H groups in total. The average molecular weight is 680 g/mol. The molecule has 0 bridgehead atoms. The minimum atomic E-state index is -0.311. The molecule has 0 saturated heterocycles. The van der Waals surface area contributed by atoms with Gasteiger partial charge in [-0.15, -0.1) is 0 Å². The first kappa shape index (κ1) is 30.0. The minimum Gasteiger partial charge on any atom is -0.497 e. The summed E-state index contributed by atoms with van der Waals surface area (Å²) in [6.45, 7) is 1.89. The number of aliphatic hydroxyl groups is 1. The van der Waals surface area contributed by atoms with Crippen molar-refractivity contribution in [3.05, 3.63) is 87.4 Å². The zero-order valence-electron chi connectivity index (χ0n) is 25.0. The highest BCUT2D eigenvalue weighted by atomic mass is 79.9. The van der Waals surface area contributed by atoms with E-state index in [4.69, 9.17) is 24.2 Å². The molecule has 0 aromatic heterocycles. The minimum absolute atomic E-state index is 0.0500. The Hall–Kier alpha value is -2.72. The van der Waals surface area contributed by atoms with Crippen molar-refractivity contribution in [3.8, 4) is 17.2 Å². The van der Waals surface area contributed by atoms with E-state index in [9.17, 15) is 5.11 Å². The quantitative estimate of drug-likeness (QED) is 0.217. The molecule has 0 amide bonds. The second kappa shape index (κ2) is 12.9. The van der Waals surface area contributed by atoms with Crippen molar-refractivity contribution in [1.29, 1.82) is 0 Å². The van der Waals surface area contributed by atoms with Crippen molar-refractivity contribution < 1.29 is 24.2 Å². The van der Waals surface area contributed by atoms with Crippen molar-refractivity contribution in [1.82, 2.24) is 5.32 Å². The Morgan fingerprint density at radius 1 is 1.09 bits per heavy atom. The zero-order valence-corrected chi connectivity index (χ0v) is 27.4. The Morgan fingerprint density at radius 3 is 2.66 bits per heavy atom. The summed E-state index contributed by atoms with van der Waals surface area (Å²) < 4.78 is 19.6. The molecule has 1 spiro atoms. The van der Waals surface area contributed by atoms with Crippen LogP contribution in [-0.4, -0.2) is 48.5 Å². The summed E-state index contributed by atoms with van der Waals surface area (Å²) in [5.74, 6) is 4.07. The van der Waals surface area contributed by atoms with Gasteiger partial charge in [-0.3, -0.25) is 0 Å². The number of oxime groups is 1. The van der Waals surface area contributed by atoms with Crippen LogP contribution in [0.1, 0.15) is 54.4 Å². The first-order valence-electron chi connectivity index (χ1n) is 15.5. The van der Waals surface area contributed by atoms with Crippen LogP contribution in [0, 0.1) is 5.92 Å². The van der Waals surface area contributed by atoms with Crippen LogP contribution in [0.5, 0.6) is 17.2 Å². The van der Waals surface area contributed by atoms with Crippen molar-refractivity contribution >= 4 is 33.4 Å². The van der Waals surface area contributed by atoms with E-state index in [0.717, 1.165) is 58.2 Å². The number of aliphatic hydroxyl groups excluding tert-OH is 1. The predicted molar refractivity (Wildman–Crippen MR) is 177 cm³/mol. The van der Waals surface area contributed by atoms with Crippen LogP contribution in [0.15, 0.2) is 70.3 Å². The molecule has 3 aromatic carbocycles. The molecule has 7 nitrogen and oxygen atoms in total. The van der Waals surface area contributed by atoms with E-state index in [1.807, 2.05) is 42.1 Å². The van der Waals surface area contributed by atoms with Crippen molar-refractivity contribution in [2.24, 2.45) is 11.1 Å². The van der Waals surface area contributed by atoms with E-state index in [0.29, 0.717) is 25.5 Å². The monoisotopic (exact) mass is 678 g/mol. The number of halogens is 1. The third-order valence-corrected chi connectivity index (χ3v) is 11.7. The first-order chi connectivity index (χ1) is 21.6. The lowest BCUT2D eigenvalue weighted by atomic mass is 9.64. The molecule has 9 heteroatoms. The maximum atomic E-state index is 10.5. The average Bonchev–Trinajstić information content (AvgIpc) is 3.85. The van der Waals surface area contributed by atoms with Crippen LogP contribution in [0.25, 0.3) is 0 Å². The molecule has 2 aliphatic heterocycles. The Labute approximate surface area is 271 Å². The maximum Gasteiger partial charge on any atom is 0.142 e. The largest absolute Gasteiger partial charge is 0.497 e. The van der Waals surface area contributed by atoms with Crippen LogP contribution >= 0.6 is 27.7 Å². The number of nitrogens with one attached hydrogen (secondary N) is 1. The van der Waals surface area contributed by atoms with Gasteiger partial charge in [0.15, 0.2) is 0 Å². The summed E-state index contributed by atoms with van der Waals surface area (Å²) in [7, 11) is 1.69. The molecule has 2 heterocycles. The SMILES string of the molecule is COc1ccc(CS[C@@H]2C/C(=N/OCc3ccccc3)C[C@H]3Oc4c(Br)c(OCC5CC5)cc5c4[C@]32C[C@@H](CO)NC5)cc1. The third-order valence-electron chi connectivity index (χ3n) is 9.42. The zero-order chi connectivity index (χ0) is 30.1. The van der Waals surface area contributed by atoms with E-state index < -0.39 is 0 Å². The molecule has 4 atom stereocenters. The summed E-state index contributed by atoms with van der Waals surface area (Å²) in [6.07, 6.45) is 4.56. The molecule has 2 aliphatic carbocycles. The molecule has 0 unspecified atom stereocenters. The fourth-order valence-electron chi connectivity index (χ4n) is 6.91. The molecule has 0 radical (unpaired) electrons. The maximum absolute atomic E-state index is 10.5. The smallest absolute Gasteiger partial charge is 0.142 e. The van der Waals surface area contributed by atoms with Gasteiger partial charge in [-0.2, -0.15) is 11.8 Å². The van der Waals surface area contributed by atoms with Gasteiger partial charge in [0, 0.05) is 42.0 Å². The van der Waals surface area contributed by atoms with Gasteiger partial charge < -0.3 is 29.5 Å². The fraction of sp³-hybridized carbons (Fsp3) is 0.457. The van der Waals surface area contributed by atoms with E-state index in [-0.39, 0.29) is 29.4 Å². The predicted octanol–water partition coefficient (Wildman–Crippen LogP) is 6.77. The summed E-state index contributed by atoms with van der Waals surface area (Å²) >= 11 is 5.85. The van der Waals surface area contributed by atoms with Gasteiger partial charge in [0.2, 0.25) is 0 Å². The summed E-state index contributed by atoms with van der Waals surface area (Å²) in [5.41, 5.74) is 5.48. The lowest BCUT2D eigenvalue weighted by Crippen LogP contribution is -2.54. The van der Waals surface area contributed by atoms with Gasteiger partial charge in [0.1, 0.15) is 34.4 Å². The van der Waals surface area contributed by atoms with Gasteiger partial charge >= 0.3 is 0 Å². The number of methoxy groups -OCH3 is 1. The molecular weight excluding hydrogens is 640 g/mol. The third kappa shape index (κ3) is 5.96. The fourth-order valence-corrected chi connectivity index (χ4v) is 8.99. The highest BCUT2D eigenvalue weighted by molar-refractivity contribution is 9.10. The second-order valence-electron chi connectivity index (χ2n) is 12.4. The first-order valence-corrected chi connectivity index (χ1v) is 17.4. The van der Waals surface area contributed by atoms with Gasteiger partial charge in [-0.05, 0) is 76.0 Å². The highest BCUT2D eigenvalue weighted by Crippen LogP contribution is 2.61. The Kier molecular flexibility index (Phi) is 8.82. The lowest BCUT2D eigenvalue weighted by Gasteiger charge is -2.45. The topological polar surface area (TPSA) is 81.5 Å². The molecule has 3 aromatic rings. The van der Waals surface area contributed by atoms with Crippen molar-refractivity contribution in [2.45, 2.75) is 73.8 Å². The summed E-state index contributed by atoms with van der Waals surface area (Å²) in [4.78, 5) is 5.92. The Balaban J connectivity index is 1.24. The normalized spacial score (nSPS) is 26.3. The van der Waals surface area contributed by atoms with Crippen LogP contribution in [0.4, 0.5) is 0 Å². The standard InChI is InChI=1S/C35H39BrN2O5S/c1-40-28-11-9-24(10-12-28)21-44-31-15-26(38-42-20-22-5-3-2-4-6-22)14-30-35(31)16-27(18-39)37-17-25-13-29(41-19-23-7-8-23)33(36)34(43-30)32(25)35/h2-6,9-13,23,27,30-31,37,39H,7-8,14-21H2,1H3/b38-26+/t27-,30+,31+,35+/m0/s1. The molecule has 2 saturated carbocycles. The Morgan fingerprint density at radius 2 is 1.91 bits per heavy atom. The van der Waals surface area contributed by atoms with E-state index in [1.54, 1.807) is 7.11 Å². The number of benzene rings is 3. The number of hydrogen-bond acceptors (Lipinski definition) is 8. The molecule has 7 rings (SSSR count). The van der Waals surface area contributed by atoms with E-state index in [1.165, 1.54) is 29.5 Å².